The second kappa shape index (κ2) is 9.10. The van der Waals surface area contributed by atoms with E-state index in [2.05, 4.69) is 5.32 Å². The molecule has 0 spiro atoms. The summed E-state index contributed by atoms with van der Waals surface area (Å²) < 4.78 is 31.6. The van der Waals surface area contributed by atoms with Crippen molar-refractivity contribution in [2.75, 3.05) is 23.7 Å². The van der Waals surface area contributed by atoms with Crippen LogP contribution in [0.25, 0.3) is 0 Å². The van der Waals surface area contributed by atoms with Crippen molar-refractivity contribution in [1.29, 1.82) is 0 Å². The van der Waals surface area contributed by atoms with Crippen LogP contribution in [-0.2, 0) is 14.8 Å². The molecule has 6 nitrogen and oxygen atoms in total. The number of hydrogen-bond donors (Lipinski definition) is 1. The molecule has 0 unspecified atom stereocenters. The molecule has 1 amide bonds. The van der Waals surface area contributed by atoms with Crippen LogP contribution in [0.2, 0.25) is 0 Å². The normalized spacial score (nSPS) is 12.3. The highest BCUT2D eigenvalue weighted by Crippen LogP contribution is 2.24. The first kappa shape index (κ1) is 21.8. The molecule has 1 N–H and O–H groups in total. The minimum atomic E-state index is -3.63. The minimum Gasteiger partial charge on any atom is -0.491 e. The summed E-state index contributed by atoms with van der Waals surface area (Å²) in [6.07, 6.45) is 1.11. The van der Waals surface area contributed by atoms with Gasteiger partial charge in [-0.05, 0) is 62.6 Å². The van der Waals surface area contributed by atoms with Gasteiger partial charge in [0.05, 0.1) is 18.5 Å². The van der Waals surface area contributed by atoms with E-state index < -0.39 is 16.1 Å². The molecule has 1 atom stereocenters. The molecule has 2 aromatic rings. The van der Waals surface area contributed by atoms with Crippen LogP contribution < -0.4 is 14.4 Å². The third-order valence-electron chi connectivity index (χ3n) is 4.30. The summed E-state index contributed by atoms with van der Waals surface area (Å²) in [5.41, 5.74) is 3.37. The van der Waals surface area contributed by atoms with Crippen LogP contribution in [0.4, 0.5) is 5.69 Å². The number of anilines is 1. The fourth-order valence-electron chi connectivity index (χ4n) is 3.09. The Balaban J connectivity index is 2.04. The predicted molar refractivity (Wildman–Crippen MR) is 112 cm³/mol. The number of para-hydroxylation sites is 1. The maximum Gasteiger partial charge on any atom is 0.243 e. The van der Waals surface area contributed by atoms with Crippen molar-refractivity contribution in [1.82, 2.24) is 5.32 Å². The number of hydrogen-bond acceptors (Lipinski definition) is 4. The molecule has 2 rings (SSSR count). The molecule has 0 radical (unpaired) electrons. The highest BCUT2D eigenvalue weighted by Gasteiger charge is 2.29. The van der Waals surface area contributed by atoms with Gasteiger partial charge in [0.25, 0.3) is 0 Å². The topological polar surface area (TPSA) is 75.7 Å². The fourth-order valence-corrected chi connectivity index (χ4v) is 4.25. The van der Waals surface area contributed by atoms with Gasteiger partial charge in [-0.1, -0.05) is 24.3 Å². The standard InChI is InChI=1S/C21H28N2O4S/c1-15-12-16(2)14-19(13-15)23(28(5,25)26)18(4)21(24)22-10-11-27-20-9-7-6-8-17(20)3/h6-9,12-14,18H,10-11H2,1-5H3,(H,22,24)/t18-/m0/s1. The third-order valence-corrected chi connectivity index (χ3v) is 5.54. The molecule has 152 valence electrons. The van der Waals surface area contributed by atoms with Gasteiger partial charge in [-0.3, -0.25) is 9.10 Å². The Labute approximate surface area is 167 Å². The zero-order valence-corrected chi connectivity index (χ0v) is 17.8. The lowest BCUT2D eigenvalue weighted by molar-refractivity contribution is -0.121. The first-order valence-electron chi connectivity index (χ1n) is 9.13. The lowest BCUT2D eigenvalue weighted by Crippen LogP contribution is -2.48. The minimum absolute atomic E-state index is 0.280. The number of carbonyl (C=O) groups excluding carboxylic acids is 1. The van der Waals surface area contributed by atoms with Gasteiger partial charge >= 0.3 is 0 Å². The maximum atomic E-state index is 12.6. The van der Waals surface area contributed by atoms with Crippen LogP contribution in [0.3, 0.4) is 0 Å². The first-order chi connectivity index (χ1) is 13.1. The number of rotatable bonds is 8. The molecule has 0 fully saturated rings. The summed E-state index contributed by atoms with van der Waals surface area (Å²) in [5, 5.41) is 2.75. The van der Waals surface area contributed by atoms with Crippen LogP contribution in [0, 0.1) is 20.8 Å². The average molecular weight is 405 g/mol. The number of ether oxygens (including phenoxy) is 1. The summed E-state index contributed by atoms with van der Waals surface area (Å²) in [4.78, 5) is 12.6. The van der Waals surface area contributed by atoms with Crippen LogP contribution >= 0.6 is 0 Å². The van der Waals surface area contributed by atoms with Gasteiger partial charge in [-0.2, -0.15) is 0 Å². The van der Waals surface area contributed by atoms with Crippen molar-refractivity contribution in [2.45, 2.75) is 33.7 Å². The van der Waals surface area contributed by atoms with E-state index in [9.17, 15) is 13.2 Å². The molecule has 0 aliphatic rings. The lowest BCUT2D eigenvalue weighted by Gasteiger charge is -2.28. The van der Waals surface area contributed by atoms with Crippen molar-refractivity contribution in [3.8, 4) is 5.75 Å². The maximum absolute atomic E-state index is 12.6. The molecule has 0 aliphatic heterocycles. The third kappa shape index (κ3) is 5.73. The smallest absolute Gasteiger partial charge is 0.243 e. The molecule has 0 heterocycles. The Bertz CT molecular complexity index is 921. The van der Waals surface area contributed by atoms with Crippen molar-refractivity contribution in [2.24, 2.45) is 0 Å². The van der Waals surface area contributed by atoms with Gasteiger partial charge in [-0.25, -0.2) is 8.42 Å². The van der Waals surface area contributed by atoms with Gasteiger partial charge < -0.3 is 10.1 Å². The van der Waals surface area contributed by atoms with Crippen molar-refractivity contribution in [3.05, 3.63) is 59.2 Å². The average Bonchev–Trinajstić information content (AvgIpc) is 2.58. The first-order valence-corrected chi connectivity index (χ1v) is 11.0. The Morgan fingerprint density at radius 2 is 1.71 bits per heavy atom. The van der Waals surface area contributed by atoms with E-state index >= 15 is 0 Å². The van der Waals surface area contributed by atoms with Crippen LogP contribution in [0.1, 0.15) is 23.6 Å². The van der Waals surface area contributed by atoms with Gasteiger partial charge in [0.1, 0.15) is 18.4 Å². The Morgan fingerprint density at radius 3 is 2.29 bits per heavy atom. The van der Waals surface area contributed by atoms with Crippen molar-refractivity contribution in [3.63, 3.8) is 0 Å². The summed E-state index contributed by atoms with van der Waals surface area (Å²) in [6.45, 7) is 7.89. The quantitative estimate of drug-likeness (QED) is 0.687. The predicted octanol–water partition coefficient (Wildman–Crippen LogP) is 2.96. The summed E-state index contributed by atoms with van der Waals surface area (Å²) in [7, 11) is -3.63. The number of amides is 1. The van der Waals surface area contributed by atoms with Crippen molar-refractivity contribution < 1.29 is 17.9 Å². The SMILES string of the molecule is Cc1cc(C)cc(N([C@@H](C)C(=O)NCCOc2ccccc2C)S(C)(=O)=O)c1. The molecule has 0 saturated heterocycles. The molecule has 0 saturated carbocycles. The molecular formula is C21H28N2O4S. The number of nitrogens with zero attached hydrogens (tertiary/aromatic N) is 1. The molecule has 0 aromatic heterocycles. The molecule has 0 bridgehead atoms. The van der Waals surface area contributed by atoms with Crippen LogP contribution in [-0.4, -0.2) is 39.8 Å². The lowest BCUT2D eigenvalue weighted by atomic mass is 10.1. The van der Waals surface area contributed by atoms with E-state index in [1.165, 1.54) is 0 Å². The zero-order chi connectivity index (χ0) is 20.9. The Hall–Kier alpha value is -2.54. The highest BCUT2D eigenvalue weighted by molar-refractivity contribution is 7.92. The second-order valence-corrected chi connectivity index (χ2v) is 8.85. The fraction of sp³-hybridized carbons (Fsp3) is 0.381. The monoisotopic (exact) mass is 404 g/mol. The number of sulfonamides is 1. The molecule has 2 aromatic carbocycles. The summed E-state index contributed by atoms with van der Waals surface area (Å²) in [5.74, 6) is 0.385. The number of nitrogens with one attached hydrogen (secondary N) is 1. The number of aryl methyl sites for hydroxylation is 3. The van der Waals surface area contributed by atoms with E-state index in [1.54, 1.807) is 19.1 Å². The van der Waals surface area contributed by atoms with Gasteiger partial charge in [-0.15, -0.1) is 0 Å². The number of benzene rings is 2. The largest absolute Gasteiger partial charge is 0.491 e. The van der Waals surface area contributed by atoms with Gasteiger partial charge in [0, 0.05) is 0 Å². The van der Waals surface area contributed by atoms with E-state index in [-0.39, 0.29) is 12.5 Å². The Kier molecular flexibility index (Phi) is 7.07. The van der Waals surface area contributed by atoms with Crippen LogP contribution in [0.5, 0.6) is 5.75 Å². The second-order valence-electron chi connectivity index (χ2n) is 6.99. The zero-order valence-electron chi connectivity index (χ0n) is 17.0. The van der Waals surface area contributed by atoms with Crippen molar-refractivity contribution >= 4 is 21.6 Å². The van der Waals surface area contributed by atoms with E-state index in [1.807, 2.05) is 51.1 Å². The van der Waals surface area contributed by atoms with E-state index in [4.69, 9.17) is 4.74 Å². The summed E-state index contributed by atoms with van der Waals surface area (Å²) in [6, 6.07) is 12.2. The molecule has 28 heavy (non-hydrogen) atoms. The highest BCUT2D eigenvalue weighted by atomic mass is 32.2. The van der Waals surface area contributed by atoms with Gasteiger partial charge in [0.2, 0.25) is 15.9 Å². The van der Waals surface area contributed by atoms with E-state index in [0.29, 0.717) is 12.3 Å². The van der Waals surface area contributed by atoms with Crippen LogP contribution in [0.15, 0.2) is 42.5 Å². The van der Waals surface area contributed by atoms with E-state index in [0.717, 1.165) is 33.0 Å². The summed E-state index contributed by atoms with van der Waals surface area (Å²) >= 11 is 0. The van der Waals surface area contributed by atoms with Gasteiger partial charge in [0.15, 0.2) is 0 Å². The Morgan fingerprint density at radius 1 is 1.11 bits per heavy atom. The molecular weight excluding hydrogens is 376 g/mol. The molecule has 7 heteroatoms. The molecule has 0 aliphatic carbocycles. The number of carbonyl (C=O) groups is 1.